The van der Waals surface area contributed by atoms with E-state index in [1.807, 2.05) is 15.6 Å². The lowest BCUT2D eigenvalue weighted by molar-refractivity contribution is -0.137. The van der Waals surface area contributed by atoms with Gasteiger partial charge in [0.05, 0.1) is 22.8 Å². The van der Waals surface area contributed by atoms with E-state index in [0.29, 0.717) is 40.7 Å². The molecular weight excluding hydrogens is 675 g/mol. The van der Waals surface area contributed by atoms with E-state index in [4.69, 9.17) is 20.7 Å². The van der Waals surface area contributed by atoms with Crippen molar-refractivity contribution in [1.82, 2.24) is 24.5 Å². The Bertz CT molecular complexity index is 2070. The van der Waals surface area contributed by atoms with Gasteiger partial charge in [-0.3, -0.25) is 18.9 Å². The number of anilines is 2. The Hall–Kier alpha value is -5.12. The summed E-state index contributed by atoms with van der Waals surface area (Å²) in [7, 11) is -3.29. The average molecular weight is 714 g/mol. The topological polar surface area (TPSA) is 167 Å². The number of hydrogen-bond donors (Lipinski definition) is 3. The third-order valence-electron chi connectivity index (χ3n) is 8.25. The summed E-state index contributed by atoms with van der Waals surface area (Å²) in [6.07, 6.45) is 10.3. The zero-order valence-electron chi connectivity index (χ0n) is 27.5. The van der Waals surface area contributed by atoms with Crippen LogP contribution in [0.2, 0.25) is 0 Å². The predicted molar refractivity (Wildman–Crippen MR) is 184 cm³/mol. The third-order valence-corrected chi connectivity index (χ3v) is 9.22. The van der Waals surface area contributed by atoms with Crippen LogP contribution in [0.15, 0.2) is 61.1 Å². The van der Waals surface area contributed by atoms with Gasteiger partial charge in [0.2, 0.25) is 0 Å². The smallest absolute Gasteiger partial charge is 0.355 e. The molecule has 0 aliphatic rings. The number of carbonyl (C=O) groups is 1. The number of carboxylic acids is 1. The molecule has 0 bridgehead atoms. The van der Waals surface area contributed by atoms with Crippen molar-refractivity contribution in [2.45, 2.75) is 70.3 Å². The highest BCUT2D eigenvalue weighted by molar-refractivity contribution is 7.93. The van der Waals surface area contributed by atoms with E-state index in [1.165, 1.54) is 42.5 Å². The number of ether oxygens (including phenoxy) is 1. The van der Waals surface area contributed by atoms with Crippen LogP contribution in [-0.4, -0.2) is 49.8 Å². The summed E-state index contributed by atoms with van der Waals surface area (Å²) in [5.74, 6) is -4.77. The van der Waals surface area contributed by atoms with E-state index in [9.17, 15) is 26.4 Å². The number of aryl methyl sites for hydroxylation is 2. The van der Waals surface area contributed by atoms with Crippen molar-refractivity contribution in [3.63, 3.8) is 0 Å². The number of pyridine rings is 1. The van der Waals surface area contributed by atoms with Crippen LogP contribution >= 0.6 is 0 Å². The molecule has 12 nitrogen and oxygen atoms in total. The summed E-state index contributed by atoms with van der Waals surface area (Å²) in [6, 6.07) is 9.79. The largest absolute Gasteiger partial charge is 0.484 e. The summed E-state index contributed by atoms with van der Waals surface area (Å²) in [5, 5.41) is 18.5. The van der Waals surface area contributed by atoms with Crippen molar-refractivity contribution in [1.29, 1.82) is 0 Å². The first kappa shape index (κ1) is 36.2. The first-order chi connectivity index (χ1) is 23.8. The molecule has 0 unspecified atom stereocenters. The predicted octanol–water partition coefficient (Wildman–Crippen LogP) is 7.14. The van der Waals surface area contributed by atoms with Gasteiger partial charge in [-0.15, -0.1) is 0 Å². The zero-order valence-corrected chi connectivity index (χ0v) is 28.3. The highest BCUT2D eigenvalue weighted by Gasteiger charge is 2.27. The number of rotatable bonds is 17. The molecule has 0 spiro atoms. The molecule has 4 N–H and O–H groups in total. The van der Waals surface area contributed by atoms with E-state index < -0.39 is 33.7 Å². The van der Waals surface area contributed by atoms with E-state index in [1.54, 1.807) is 31.0 Å². The Labute approximate surface area is 287 Å². The van der Waals surface area contributed by atoms with Crippen molar-refractivity contribution in [2.75, 3.05) is 10.5 Å². The Morgan fingerprint density at radius 2 is 1.72 bits per heavy atom. The molecule has 0 amide bonds. The first-order valence-corrected chi connectivity index (χ1v) is 17.6. The number of benzene rings is 2. The number of nitrogens with zero attached hydrogens (tertiary/aromatic N) is 5. The first-order valence-electron chi connectivity index (χ1n) is 16.1. The zero-order chi connectivity index (χ0) is 36.0. The number of aromatic nitrogens is 5. The molecule has 5 aromatic rings. The Morgan fingerprint density at radius 3 is 2.42 bits per heavy atom. The second-order valence-electron chi connectivity index (χ2n) is 11.9. The molecule has 0 aliphatic heterocycles. The van der Waals surface area contributed by atoms with Gasteiger partial charge < -0.3 is 15.6 Å². The number of sulfonamides is 1. The number of nitrogens with two attached hydrogens (primary N) is 1. The Kier molecular flexibility index (Phi) is 11.3. The van der Waals surface area contributed by atoms with Crippen LogP contribution in [0.25, 0.3) is 33.3 Å². The van der Waals surface area contributed by atoms with Gasteiger partial charge in [0.15, 0.2) is 0 Å². The number of fused-ring (bicyclic) bond motifs is 1. The molecule has 16 heteroatoms. The molecule has 3 aromatic heterocycles. The van der Waals surface area contributed by atoms with Gasteiger partial charge in [0.1, 0.15) is 29.2 Å². The van der Waals surface area contributed by atoms with Crippen LogP contribution in [0.4, 0.5) is 24.7 Å². The number of nitrogens with one attached hydrogen (secondary N) is 1. The lowest BCUT2D eigenvalue weighted by atomic mass is 10.0. The molecular formula is C34H38F3N7O5S. The van der Waals surface area contributed by atoms with E-state index >= 15 is 0 Å². The number of hydrogen-bond acceptors (Lipinski definition) is 8. The Morgan fingerprint density at radius 1 is 1.02 bits per heavy atom. The van der Waals surface area contributed by atoms with Crippen molar-refractivity contribution >= 4 is 38.4 Å². The monoisotopic (exact) mass is 713 g/mol. The van der Waals surface area contributed by atoms with Crippen LogP contribution in [-0.2, 0) is 28.4 Å². The summed E-state index contributed by atoms with van der Waals surface area (Å²) in [5.41, 5.74) is 9.77. The van der Waals surface area contributed by atoms with Gasteiger partial charge in [-0.05, 0) is 49.6 Å². The normalized spacial score (nSPS) is 12.4. The fourth-order valence-electron chi connectivity index (χ4n) is 5.67. The van der Waals surface area contributed by atoms with Crippen molar-refractivity contribution in [3.05, 3.63) is 72.4 Å². The molecule has 0 aliphatic carbocycles. The number of alkyl halides is 2. The molecule has 5 rings (SSSR count). The van der Waals surface area contributed by atoms with Gasteiger partial charge in [0, 0.05) is 49.1 Å². The van der Waals surface area contributed by atoms with Gasteiger partial charge in [-0.2, -0.15) is 19.0 Å². The highest BCUT2D eigenvalue weighted by atomic mass is 32.2. The standard InChI is InChI=1S/C34H38F3N7O5S/c1-21(22-10-13-25(35)14-11-22)49-28-17-23(12-15-27(28)42-50(47,48)34(36)37)31-30-32(43(2)41-31)26(19-39-33(30)38)24-18-40-44(20-24)16-8-6-4-3-5-7-9-29(45)46/h10-15,17-21,34,42H,3-9,16H2,1-2H3,(H2,38,39)(H,45,46)/t21-/m0/s1. The molecule has 0 fully saturated rings. The lowest BCUT2D eigenvalue weighted by Gasteiger charge is -2.19. The van der Waals surface area contributed by atoms with E-state index in [2.05, 4.69) is 10.1 Å². The molecule has 0 saturated carbocycles. The lowest BCUT2D eigenvalue weighted by Crippen LogP contribution is -2.21. The van der Waals surface area contributed by atoms with Crippen LogP contribution in [0.3, 0.4) is 0 Å². The minimum Gasteiger partial charge on any atom is -0.484 e. The van der Waals surface area contributed by atoms with Gasteiger partial charge >= 0.3 is 11.7 Å². The minimum absolute atomic E-state index is 0.0634. The third kappa shape index (κ3) is 8.53. The second-order valence-corrected chi connectivity index (χ2v) is 13.6. The summed E-state index contributed by atoms with van der Waals surface area (Å²) < 4.78 is 75.9. The molecule has 50 heavy (non-hydrogen) atoms. The minimum atomic E-state index is -5.03. The quantitative estimate of drug-likeness (QED) is 0.0849. The molecule has 0 radical (unpaired) electrons. The summed E-state index contributed by atoms with van der Waals surface area (Å²) >= 11 is 0. The number of halogens is 3. The molecule has 266 valence electrons. The van der Waals surface area contributed by atoms with Gasteiger partial charge in [0.25, 0.3) is 10.0 Å². The van der Waals surface area contributed by atoms with Gasteiger partial charge in [-0.25, -0.2) is 17.8 Å². The molecule has 1 atom stereocenters. The second kappa shape index (κ2) is 15.6. The van der Waals surface area contributed by atoms with Crippen LogP contribution in [0, 0.1) is 5.82 Å². The number of carboxylic acid groups (broad SMARTS) is 1. The van der Waals surface area contributed by atoms with Crippen molar-refractivity contribution in [3.8, 4) is 28.1 Å². The molecule has 2 aromatic carbocycles. The van der Waals surface area contributed by atoms with Crippen LogP contribution in [0.1, 0.15) is 63.5 Å². The molecule has 0 saturated heterocycles. The van der Waals surface area contributed by atoms with Crippen LogP contribution in [0.5, 0.6) is 5.75 Å². The average Bonchev–Trinajstić information content (AvgIpc) is 3.68. The van der Waals surface area contributed by atoms with E-state index in [0.717, 1.165) is 43.2 Å². The number of nitrogen functional groups attached to an aromatic ring is 1. The number of unbranched alkanes of at least 4 members (excludes halogenated alkanes) is 5. The highest BCUT2D eigenvalue weighted by Crippen LogP contribution is 2.40. The SMILES string of the molecule is C[C@H](Oc1cc(-c2nn(C)c3c(-c4cnn(CCCCCCCCC(=O)O)c4)cnc(N)c23)ccc1NS(=O)(=O)C(F)F)c1ccc(F)cc1. The van der Waals surface area contributed by atoms with Crippen molar-refractivity contribution < 1.29 is 36.2 Å². The maximum atomic E-state index is 13.5. The van der Waals surface area contributed by atoms with Crippen molar-refractivity contribution in [2.24, 2.45) is 7.05 Å². The summed E-state index contributed by atoms with van der Waals surface area (Å²) in [4.78, 5) is 15.1. The fourth-order valence-corrected chi connectivity index (χ4v) is 6.24. The fraction of sp³-hybridized carbons (Fsp3) is 0.353. The molecule has 3 heterocycles. The maximum absolute atomic E-state index is 13.5. The van der Waals surface area contributed by atoms with E-state index in [-0.39, 0.29) is 23.7 Å². The maximum Gasteiger partial charge on any atom is 0.355 e. The van der Waals surface area contributed by atoms with Crippen LogP contribution < -0.4 is 15.2 Å². The Balaban J connectivity index is 1.42. The number of aliphatic carboxylic acids is 1. The van der Waals surface area contributed by atoms with Gasteiger partial charge in [-0.1, -0.05) is 43.9 Å². The summed E-state index contributed by atoms with van der Waals surface area (Å²) in [6.45, 7) is 2.36.